The number of anilines is 1. The number of hydrogen-bond acceptors (Lipinski definition) is 2. The fraction of sp³-hybridized carbons (Fsp3) is 0.500. The molecule has 4 nitrogen and oxygen atoms in total. The topological polar surface area (TPSA) is 44.4 Å². The Kier molecular flexibility index (Phi) is 5.05. The summed E-state index contributed by atoms with van der Waals surface area (Å²) in [6.45, 7) is 5.36. The summed E-state index contributed by atoms with van der Waals surface area (Å²) in [6.07, 6.45) is 2.02. The van der Waals surface area contributed by atoms with Gasteiger partial charge < -0.3 is 15.5 Å². The van der Waals surface area contributed by atoms with E-state index >= 15 is 0 Å². The van der Waals surface area contributed by atoms with Crippen LogP contribution in [0.2, 0.25) is 5.02 Å². The molecule has 0 bridgehead atoms. The van der Waals surface area contributed by atoms with Crippen LogP contribution in [0, 0.1) is 0 Å². The lowest BCUT2D eigenvalue weighted by atomic mass is 10.1. The van der Waals surface area contributed by atoms with Gasteiger partial charge in [-0.05, 0) is 37.6 Å². The minimum absolute atomic E-state index is 0.155. The molecule has 1 heterocycles. The Morgan fingerprint density at radius 3 is 2.79 bits per heavy atom. The van der Waals surface area contributed by atoms with Gasteiger partial charge in [-0.2, -0.15) is 0 Å². The first-order valence-electron chi connectivity index (χ1n) is 6.73. The Labute approximate surface area is 119 Å². The van der Waals surface area contributed by atoms with Crippen molar-refractivity contribution in [2.24, 2.45) is 0 Å². The Hall–Kier alpha value is -1.26. The molecule has 1 saturated heterocycles. The van der Waals surface area contributed by atoms with E-state index in [-0.39, 0.29) is 12.1 Å². The molecule has 0 unspecified atom stereocenters. The molecule has 1 aliphatic rings. The van der Waals surface area contributed by atoms with Crippen LogP contribution in [0.25, 0.3) is 0 Å². The van der Waals surface area contributed by atoms with Crippen molar-refractivity contribution in [3.63, 3.8) is 0 Å². The van der Waals surface area contributed by atoms with E-state index in [1.54, 1.807) is 12.1 Å². The molecule has 104 valence electrons. The quantitative estimate of drug-likeness (QED) is 0.895. The Bertz CT molecular complexity index is 430. The van der Waals surface area contributed by atoms with Crippen molar-refractivity contribution >= 4 is 23.3 Å². The number of benzene rings is 1. The summed E-state index contributed by atoms with van der Waals surface area (Å²) in [5, 5.41) is 6.44. The van der Waals surface area contributed by atoms with E-state index in [1.165, 1.54) is 0 Å². The summed E-state index contributed by atoms with van der Waals surface area (Å²) in [6, 6.07) is 7.27. The Balaban J connectivity index is 1.79. The lowest BCUT2D eigenvalue weighted by molar-refractivity contribution is 0.203. The summed E-state index contributed by atoms with van der Waals surface area (Å²) < 4.78 is 0. The van der Waals surface area contributed by atoms with Gasteiger partial charge in [0.1, 0.15) is 0 Å². The molecule has 0 saturated carbocycles. The summed E-state index contributed by atoms with van der Waals surface area (Å²) in [4.78, 5) is 14.3. The third-order valence-electron chi connectivity index (χ3n) is 3.45. The van der Waals surface area contributed by atoms with Crippen molar-refractivity contribution in [2.45, 2.75) is 25.8 Å². The van der Waals surface area contributed by atoms with Gasteiger partial charge in [0.25, 0.3) is 0 Å². The molecule has 5 heteroatoms. The van der Waals surface area contributed by atoms with Crippen molar-refractivity contribution in [3.8, 4) is 0 Å². The molecule has 0 spiro atoms. The van der Waals surface area contributed by atoms with Crippen LogP contribution in [0.5, 0.6) is 0 Å². The minimum Gasteiger partial charge on any atom is -0.335 e. The van der Waals surface area contributed by atoms with Gasteiger partial charge in [0.15, 0.2) is 0 Å². The van der Waals surface area contributed by atoms with Gasteiger partial charge in [-0.1, -0.05) is 24.6 Å². The lowest BCUT2D eigenvalue weighted by Crippen LogP contribution is -2.45. The van der Waals surface area contributed by atoms with E-state index < -0.39 is 0 Å². The van der Waals surface area contributed by atoms with Crippen LogP contribution in [0.15, 0.2) is 24.3 Å². The highest BCUT2D eigenvalue weighted by Crippen LogP contribution is 2.15. The van der Waals surface area contributed by atoms with Crippen LogP contribution >= 0.6 is 11.6 Å². The van der Waals surface area contributed by atoms with Crippen molar-refractivity contribution in [1.82, 2.24) is 10.2 Å². The number of carbonyl (C=O) groups excluding carboxylic acids is 1. The maximum absolute atomic E-state index is 11.9. The number of amides is 2. The van der Waals surface area contributed by atoms with Crippen LogP contribution < -0.4 is 10.6 Å². The van der Waals surface area contributed by atoms with E-state index in [0.717, 1.165) is 38.2 Å². The van der Waals surface area contributed by atoms with Crippen molar-refractivity contribution in [3.05, 3.63) is 29.3 Å². The van der Waals surface area contributed by atoms with E-state index in [1.807, 2.05) is 12.1 Å². The molecule has 1 aliphatic heterocycles. The molecule has 19 heavy (non-hydrogen) atoms. The molecule has 0 radical (unpaired) electrons. The minimum atomic E-state index is -0.155. The predicted molar refractivity (Wildman–Crippen MR) is 78.7 cm³/mol. The Morgan fingerprint density at radius 2 is 2.16 bits per heavy atom. The summed E-state index contributed by atoms with van der Waals surface area (Å²) in [7, 11) is 0. The summed E-state index contributed by atoms with van der Waals surface area (Å²) in [5.41, 5.74) is 0.719. The Morgan fingerprint density at radius 1 is 1.42 bits per heavy atom. The van der Waals surface area contributed by atoms with Crippen LogP contribution in [0.3, 0.4) is 0 Å². The molecule has 1 aromatic rings. The first-order chi connectivity index (χ1) is 9.17. The summed E-state index contributed by atoms with van der Waals surface area (Å²) in [5.74, 6) is 0. The SMILES string of the molecule is CCN1CCC(NC(=O)Nc2cccc(Cl)c2)CC1. The number of hydrogen-bond donors (Lipinski definition) is 2. The molecule has 2 rings (SSSR count). The smallest absolute Gasteiger partial charge is 0.319 e. The highest BCUT2D eigenvalue weighted by molar-refractivity contribution is 6.30. The first kappa shape index (κ1) is 14.2. The molecule has 2 N–H and O–H groups in total. The fourth-order valence-electron chi connectivity index (χ4n) is 2.31. The number of likely N-dealkylation sites (tertiary alicyclic amines) is 1. The zero-order valence-corrected chi connectivity index (χ0v) is 11.9. The molecule has 1 aromatic carbocycles. The number of nitrogens with zero attached hydrogens (tertiary/aromatic N) is 1. The molecule has 2 amide bonds. The maximum atomic E-state index is 11.9. The van der Waals surface area contributed by atoms with Gasteiger partial charge in [-0.25, -0.2) is 4.79 Å². The van der Waals surface area contributed by atoms with E-state index in [9.17, 15) is 4.79 Å². The number of urea groups is 1. The third kappa shape index (κ3) is 4.40. The van der Waals surface area contributed by atoms with Crippen molar-refractivity contribution in [1.29, 1.82) is 0 Å². The fourth-order valence-corrected chi connectivity index (χ4v) is 2.50. The molecular weight excluding hydrogens is 262 g/mol. The lowest BCUT2D eigenvalue weighted by Gasteiger charge is -2.31. The average molecular weight is 282 g/mol. The third-order valence-corrected chi connectivity index (χ3v) is 3.69. The van der Waals surface area contributed by atoms with Gasteiger partial charge in [0.05, 0.1) is 0 Å². The molecular formula is C14H20ClN3O. The summed E-state index contributed by atoms with van der Waals surface area (Å²) >= 11 is 5.87. The first-order valence-corrected chi connectivity index (χ1v) is 7.10. The largest absolute Gasteiger partial charge is 0.335 e. The molecule has 1 fully saturated rings. The highest BCUT2D eigenvalue weighted by Gasteiger charge is 2.19. The van der Waals surface area contributed by atoms with Gasteiger partial charge in [0, 0.05) is 29.8 Å². The van der Waals surface area contributed by atoms with Crippen molar-refractivity contribution in [2.75, 3.05) is 25.0 Å². The second kappa shape index (κ2) is 6.78. The number of halogens is 1. The second-order valence-corrected chi connectivity index (χ2v) is 5.25. The molecule has 0 aromatic heterocycles. The van der Waals surface area contributed by atoms with E-state index in [2.05, 4.69) is 22.5 Å². The van der Waals surface area contributed by atoms with E-state index in [4.69, 9.17) is 11.6 Å². The van der Waals surface area contributed by atoms with Crippen LogP contribution in [-0.4, -0.2) is 36.6 Å². The predicted octanol–water partition coefficient (Wildman–Crippen LogP) is 2.95. The normalized spacial score (nSPS) is 17.2. The number of carbonyl (C=O) groups is 1. The van der Waals surface area contributed by atoms with Crippen molar-refractivity contribution < 1.29 is 4.79 Å². The number of rotatable bonds is 3. The van der Waals surface area contributed by atoms with Gasteiger partial charge in [0.2, 0.25) is 0 Å². The zero-order chi connectivity index (χ0) is 13.7. The average Bonchev–Trinajstić information content (AvgIpc) is 2.39. The van der Waals surface area contributed by atoms with Gasteiger partial charge in [-0.3, -0.25) is 0 Å². The van der Waals surface area contributed by atoms with Crippen LogP contribution in [-0.2, 0) is 0 Å². The zero-order valence-electron chi connectivity index (χ0n) is 11.2. The van der Waals surface area contributed by atoms with Gasteiger partial charge >= 0.3 is 6.03 Å². The standard InChI is InChI=1S/C14H20ClN3O/c1-2-18-8-6-12(7-9-18)16-14(19)17-13-5-3-4-11(15)10-13/h3-5,10,12H,2,6-9H2,1H3,(H2,16,17,19). The maximum Gasteiger partial charge on any atom is 0.319 e. The molecule has 0 atom stereocenters. The molecule has 0 aliphatic carbocycles. The number of piperidine rings is 1. The monoisotopic (exact) mass is 281 g/mol. The number of nitrogens with one attached hydrogen (secondary N) is 2. The second-order valence-electron chi connectivity index (χ2n) is 4.82. The van der Waals surface area contributed by atoms with E-state index in [0.29, 0.717) is 5.02 Å². The van der Waals surface area contributed by atoms with Gasteiger partial charge in [-0.15, -0.1) is 0 Å². The van der Waals surface area contributed by atoms with Crippen LogP contribution in [0.4, 0.5) is 10.5 Å². The highest BCUT2D eigenvalue weighted by atomic mass is 35.5. The van der Waals surface area contributed by atoms with Crippen LogP contribution in [0.1, 0.15) is 19.8 Å².